The number of nitrogens with zero attached hydrogens (tertiary/aromatic N) is 1. The maximum absolute atomic E-state index is 11.3. The first kappa shape index (κ1) is 10.1. The molecule has 0 spiro atoms. The van der Waals surface area contributed by atoms with Gasteiger partial charge in [-0.3, -0.25) is 4.79 Å². The number of hydrogen-bond acceptors (Lipinski definition) is 4. The van der Waals surface area contributed by atoms with Crippen molar-refractivity contribution in [2.75, 3.05) is 0 Å². The molecule has 0 bridgehead atoms. The first-order chi connectivity index (χ1) is 7.28. The average molecular weight is 221 g/mol. The average Bonchev–Trinajstić information content (AvgIpc) is 2.69. The molecule has 0 fully saturated rings. The van der Waals surface area contributed by atoms with E-state index in [1.54, 1.807) is 11.3 Å². The monoisotopic (exact) mass is 221 g/mol. The minimum absolute atomic E-state index is 0.142. The van der Waals surface area contributed by atoms with Crippen molar-refractivity contribution >= 4 is 11.3 Å². The zero-order valence-electron chi connectivity index (χ0n) is 8.06. The van der Waals surface area contributed by atoms with E-state index in [2.05, 4.69) is 9.97 Å². The van der Waals surface area contributed by atoms with E-state index in [-0.39, 0.29) is 5.56 Å². The van der Waals surface area contributed by atoms with Crippen molar-refractivity contribution in [1.82, 2.24) is 9.97 Å². The van der Waals surface area contributed by atoms with Gasteiger partial charge in [-0.05, 0) is 11.4 Å². The maximum atomic E-state index is 11.3. The highest BCUT2D eigenvalue weighted by molar-refractivity contribution is 7.09. The number of rotatable bonds is 3. The van der Waals surface area contributed by atoms with Gasteiger partial charge in [-0.25, -0.2) is 4.98 Å². The molecule has 0 aromatic carbocycles. The topological polar surface area (TPSA) is 71.8 Å². The highest BCUT2D eigenvalue weighted by atomic mass is 32.1. The molecule has 0 radical (unpaired) electrons. The second-order valence-corrected chi connectivity index (χ2v) is 4.18. The summed E-state index contributed by atoms with van der Waals surface area (Å²) < 4.78 is 0. The van der Waals surface area contributed by atoms with Gasteiger partial charge in [0.15, 0.2) is 0 Å². The summed E-state index contributed by atoms with van der Waals surface area (Å²) in [4.78, 5) is 19.4. The largest absolute Gasteiger partial charge is 0.325 e. The number of aromatic amines is 1. The fourth-order valence-corrected chi connectivity index (χ4v) is 2.04. The fourth-order valence-electron chi connectivity index (χ4n) is 1.33. The van der Waals surface area contributed by atoms with E-state index < -0.39 is 0 Å². The van der Waals surface area contributed by atoms with Gasteiger partial charge in [0.05, 0.1) is 5.69 Å². The Labute approximate surface area is 90.8 Å². The lowest BCUT2D eigenvalue weighted by atomic mass is 10.3. The van der Waals surface area contributed by atoms with Gasteiger partial charge >= 0.3 is 0 Å². The van der Waals surface area contributed by atoms with E-state index in [4.69, 9.17) is 5.73 Å². The number of nitrogens with one attached hydrogen (secondary N) is 1. The molecular formula is C10H11N3OS. The minimum atomic E-state index is -0.142. The third kappa shape index (κ3) is 2.51. The quantitative estimate of drug-likeness (QED) is 0.808. The molecule has 0 saturated carbocycles. The van der Waals surface area contributed by atoms with Crippen LogP contribution in [-0.4, -0.2) is 9.97 Å². The van der Waals surface area contributed by atoms with Crippen LogP contribution >= 0.6 is 11.3 Å². The van der Waals surface area contributed by atoms with Crippen LogP contribution in [0.5, 0.6) is 0 Å². The molecule has 78 valence electrons. The van der Waals surface area contributed by atoms with Crippen LogP contribution in [0.1, 0.15) is 16.4 Å². The van der Waals surface area contributed by atoms with E-state index in [1.165, 1.54) is 10.9 Å². The Bertz CT molecular complexity index is 490. The van der Waals surface area contributed by atoms with Gasteiger partial charge in [-0.15, -0.1) is 11.3 Å². The highest BCUT2D eigenvalue weighted by Gasteiger charge is 2.02. The van der Waals surface area contributed by atoms with Crippen LogP contribution < -0.4 is 11.3 Å². The predicted octanol–water partition coefficient (Wildman–Crippen LogP) is 0.881. The lowest BCUT2D eigenvalue weighted by Crippen LogP contribution is -2.14. The Morgan fingerprint density at radius 1 is 1.53 bits per heavy atom. The van der Waals surface area contributed by atoms with Gasteiger partial charge in [-0.2, -0.15) is 0 Å². The first-order valence-electron chi connectivity index (χ1n) is 4.59. The van der Waals surface area contributed by atoms with E-state index in [0.717, 1.165) is 0 Å². The van der Waals surface area contributed by atoms with Crippen molar-refractivity contribution in [2.24, 2.45) is 5.73 Å². The molecule has 0 aliphatic carbocycles. The van der Waals surface area contributed by atoms with Gasteiger partial charge in [0.1, 0.15) is 5.82 Å². The molecule has 3 N–H and O–H groups in total. The summed E-state index contributed by atoms with van der Waals surface area (Å²) in [7, 11) is 0. The molecule has 2 rings (SSSR count). The fraction of sp³-hybridized carbons (Fsp3) is 0.200. The number of thiophene rings is 1. The van der Waals surface area contributed by atoms with Crippen LogP contribution in [0.25, 0.3) is 0 Å². The van der Waals surface area contributed by atoms with Crippen LogP contribution in [-0.2, 0) is 13.0 Å². The molecule has 0 saturated heterocycles. The van der Waals surface area contributed by atoms with Crippen LogP contribution in [0.3, 0.4) is 0 Å². The third-order valence-corrected chi connectivity index (χ3v) is 2.85. The molecule has 0 aliphatic rings. The Kier molecular flexibility index (Phi) is 2.94. The van der Waals surface area contributed by atoms with E-state index in [9.17, 15) is 4.79 Å². The molecule has 2 aromatic heterocycles. The summed E-state index contributed by atoms with van der Waals surface area (Å²) in [5.74, 6) is 0.672. The van der Waals surface area contributed by atoms with Gasteiger partial charge in [0.25, 0.3) is 5.56 Å². The van der Waals surface area contributed by atoms with E-state index in [0.29, 0.717) is 24.5 Å². The SMILES string of the molecule is NCc1cc(=O)[nH]c(Cc2cccs2)n1. The van der Waals surface area contributed by atoms with Crippen LogP contribution in [0.4, 0.5) is 0 Å². The normalized spacial score (nSPS) is 10.5. The zero-order valence-corrected chi connectivity index (χ0v) is 8.88. The smallest absolute Gasteiger partial charge is 0.251 e. The summed E-state index contributed by atoms with van der Waals surface area (Å²) in [5.41, 5.74) is 5.94. The number of H-pyrrole nitrogens is 1. The molecule has 0 unspecified atom stereocenters. The first-order valence-corrected chi connectivity index (χ1v) is 5.47. The van der Waals surface area contributed by atoms with Crippen LogP contribution in [0, 0.1) is 0 Å². The van der Waals surface area contributed by atoms with Crippen LogP contribution in [0.15, 0.2) is 28.4 Å². The number of hydrogen-bond donors (Lipinski definition) is 2. The van der Waals surface area contributed by atoms with Gasteiger partial charge in [-0.1, -0.05) is 6.07 Å². The van der Waals surface area contributed by atoms with Crippen molar-refractivity contribution in [1.29, 1.82) is 0 Å². The van der Waals surface area contributed by atoms with E-state index in [1.807, 2.05) is 17.5 Å². The molecule has 0 amide bonds. The summed E-state index contributed by atoms with van der Waals surface area (Å²) in [6, 6.07) is 5.42. The lowest BCUT2D eigenvalue weighted by molar-refractivity contribution is 0.880. The van der Waals surface area contributed by atoms with Gasteiger partial charge in [0.2, 0.25) is 0 Å². The highest BCUT2D eigenvalue weighted by Crippen LogP contribution is 2.11. The molecule has 0 aliphatic heterocycles. The second-order valence-electron chi connectivity index (χ2n) is 3.14. The second kappa shape index (κ2) is 4.37. The molecule has 4 nitrogen and oxygen atoms in total. The van der Waals surface area contributed by atoms with Crippen molar-refractivity contribution in [3.8, 4) is 0 Å². The van der Waals surface area contributed by atoms with E-state index >= 15 is 0 Å². The standard InChI is InChI=1S/C10H11N3OS/c11-6-7-4-10(14)13-9(12-7)5-8-2-1-3-15-8/h1-4H,5-6,11H2,(H,12,13,14). The summed E-state index contributed by atoms with van der Waals surface area (Å²) >= 11 is 1.64. The molecule has 2 aromatic rings. The Morgan fingerprint density at radius 2 is 2.40 bits per heavy atom. The number of nitrogens with two attached hydrogens (primary N) is 1. The van der Waals surface area contributed by atoms with Crippen molar-refractivity contribution in [3.63, 3.8) is 0 Å². The maximum Gasteiger partial charge on any atom is 0.251 e. The molecular weight excluding hydrogens is 210 g/mol. The molecule has 2 heterocycles. The van der Waals surface area contributed by atoms with Crippen molar-refractivity contribution in [2.45, 2.75) is 13.0 Å². The molecule has 15 heavy (non-hydrogen) atoms. The summed E-state index contributed by atoms with van der Waals surface area (Å²) in [5, 5.41) is 2.00. The van der Waals surface area contributed by atoms with Gasteiger partial charge in [0, 0.05) is 23.9 Å². The number of aromatic nitrogens is 2. The predicted molar refractivity (Wildman–Crippen MR) is 59.9 cm³/mol. The Hall–Kier alpha value is -1.46. The van der Waals surface area contributed by atoms with Gasteiger partial charge < -0.3 is 10.7 Å². The summed E-state index contributed by atoms with van der Waals surface area (Å²) in [6.07, 6.45) is 0.654. The lowest BCUT2D eigenvalue weighted by Gasteiger charge is -2.00. The Balaban J connectivity index is 2.28. The zero-order chi connectivity index (χ0) is 10.7. The summed E-state index contributed by atoms with van der Waals surface area (Å²) in [6.45, 7) is 0.293. The third-order valence-electron chi connectivity index (χ3n) is 1.97. The molecule has 5 heteroatoms. The Morgan fingerprint density at radius 3 is 3.07 bits per heavy atom. The minimum Gasteiger partial charge on any atom is -0.325 e. The van der Waals surface area contributed by atoms with Crippen molar-refractivity contribution in [3.05, 3.63) is 50.3 Å². The molecule has 0 atom stereocenters. The van der Waals surface area contributed by atoms with Crippen LogP contribution in [0.2, 0.25) is 0 Å². The van der Waals surface area contributed by atoms with Crippen molar-refractivity contribution < 1.29 is 0 Å².